The molecule has 2 heterocycles. The highest BCUT2D eigenvalue weighted by Gasteiger charge is 2.36. The average Bonchev–Trinajstić information content (AvgIpc) is 3.22. The Morgan fingerprint density at radius 1 is 1.36 bits per heavy atom. The van der Waals surface area contributed by atoms with E-state index in [-0.39, 0.29) is 23.1 Å². The Balaban J connectivity index is 1.61. The lowest BCUT2D eigenvalue weighted by molar-refractivity contribution is -0.0356. The molecule has 0 radical (unpaired) electrons. The summed E-state index contributed by atoms with van der Waals surface area (Å²) in [6.07, 6.45) is 4.08. The van der Waals surface area contributed by atoms with Gasteiger partial charge in [0, 0.05) is 18.1 Å². The molecule has 0 spiro atoms. The van der Waals surface area contributed by atoms with Crippen LogP contribution in [0.1, 0.15) is 37.4 Å². The standard InChI is InChI=1S/C19H17Cl2FN4O2/c1-19(8-11(9-23)25-28-19)10-27-17-7-16(14(22)6-13(17)20)26-18(21)12-4-2-3-5-15(12)24-26/h6-7H,2-5,8,10H2,1H3. The van der Waals surface area contributed by atoms with E-state index in [1.165, 1.54) is 16.8 Å². The molecule has 4 rings (SSSR count). The number of aromatic nitrogens is 2. The van der Waals surface area contributed by atoms with E-state index < -0.39 is 11.4 Å². The quantitative estimate of drug-likeness (QED) is 0.719. The third-order valence-corrected chi connectivity index (χ3v) is 5.59. The number of fused-ring (bicyclic) bond motifs is 1. The maximum Gasteiger partial charge on any atom is 0.175 e. The van der Waals surface area contributed by atoms with Crippen LogP contribution < -0.4 is 4.74 Å². The molecule has 0 fully saturated rings. The first-order chi connectivity index (χ1) is 13.4. The number of hydrogen-bond acceptors (Lipinski definition) is 5. The summed E-state index contributed by atoms with van der Waals surface area (Å²) in [5.74, 6) is -0.268. The first-order valence-corrected chi connectivity index (χ1v) is 9.69. The summed E-state index contributed by atoms with van der Waals surface area (Å²) >= 11 is 12.6. The lowest BCUT2D eigenvalue weighted by Gasteiger charge is -2.22. The Bertz CT molecular complexity index is 1010. The molecule has 6 nitrogen and oxygen atoms in total. The molecule has 9 heteroatoms. The fourth-order valence-electron chi connectivity index (χ4n) is 3.42. The topological polar surface area (TPSA) is 72.4 Å². The van der Waals surface area contributed by atoms with Gasteiger partial charge in [0.05, 0.1) is 10.7 Å². The van der Waals surface area contributed by atoms with Crippen molar-refractivity contribution >= 4 is 28.9 Å². The van der Waals surface area contributed by atoms with Crippen molar-refractivity contribution in [3.05, 3.63) is 39.4 Å². The van der Waals surface area contributed by atoms with Crippen molar-refractivity contribution < 1.29 is 14.0 Å². The summed E-state index contributed by atoms with van der Waals surface area (Å²) in [4.78, 5) is 5.30. The van der Waals surface area contributed by atoms with Crippen molar-refractivity contribution in [2.75, 3.05) is 6.61 Å². The van der Waals surface area contributed by atoms with Gasteiger partial charge in [0.15, 0.2) is 17.1 Å². The van der Waals surface area contributed by atoms with Crippen molar-refractivity contribution in [1.29, 1.82) is 5.26 Å². The van der Waals surface area contributed by atoms with Gasteiger partial charge in [-0.05, 0) is 38.7 Å². The van der Waals surface area contributed by atoms with Gasteiger partial charge >= 0.3 is 0 Å². The van der Waals surface area contributed by atoms with Crippen LogP contribution in [0.4, 0.5) is 4.39 Å². The van der Waals surface area contributed by atoms with Crippen molar-refractivity contribution in [3.8, 4) is 17.5 Å². The first kappa shape index (κ1) is 19.0. The number of ether oxygens (including phenoxy) is 1. The Kier molecular flexibility index (Phi) is 4.94. The molecule has 2 aromatic rings. The number of aryl methyl sites for hydroxylation is 1. The number of hydrogen-bond donors (Lipinski definition) is 0. The van der Waals surface area contributed by atoms with E-state index >= 15 is 0 Å². The van der Waals surface area contributed by atoms with Crippen LogP contribution in [0.3, 0.4) is 0 Å². The summed E-state index contributed by atoms with van der Waals surface area (Å²) < 4.78 is 21.8. The minimum atomic E-state index is -0.786. The van der Waals surface area contributed by atoms with E-state index in [0.29, 0.717) is 17.3 Å². The molecule has 1 aromatic heterocycles. The number of nitriles is 1. The summed E-state index contributed by atoms with van der Waals surface area (Å²) in [6, 6.07) is 4.62. The number of nitrogens with zero attached hydrogens (tertiary/aromatic N) is 4. The van der Waals surface area contributed by atoms with Crippen LogP contribution in [0.25, 0.3) is 5.69 Å². The molecule has 1 unspecified atom stereocenters. The van der Waals surface area contributed by atoms with Crippen LogP contribution in [-0.4, -0.2) is 27.7 Å². The van der Waals surface area contributed by atoms with Crippen LogP contribution in [-0.2, 0) is 17.7 Å². The lowest BCUT2D eigenvalue weighted by atomic mass is 9.99. The minimum absolute atomic E-state index is 0.0931. The van der Waals surface area contributed by atoms with Crippen molar-refractivity contribution in [2.45, 2.75) is 44.6 Å². The van der Waals surface area contributed by atoms with Gasteiger partial charge in [0.25, 0.3) is 0 Å². The number of benzene rings is 1. The second kappa shape index (κ2) is 7.26. The van der Waals surface area contributed by atoms with Crippen LogP contribution in [0.2, 0.25) is 10.2 Å². The lowest BCUT2D eigenvalue weighted by Crippen LogP contribution is -2.32. The molecule has 0 amide bonds. The molecule has 1 aromatic carbocycles. The fraction of sp³-hybridized carbons (Fsp3) is 0.421. The molecule has 0 saturated heterocycles. The van der Waals surface area contributed by atoms with Gasteiger partial charge < -0.3 is 9.57 Å². The van der Waals surface area contributed by atoms with E-state index in [9.17, 15) is 4.39 Å². The maximum atomic E-state index is 14.6. The molecule has 1 aliphatic heterocycles. The molecule has 2 aliphatic rings. The predicted octanol–water partition coefficient (Wildman–Crippen LogP) is 4.63. The molecule has 1 atom stereocenters. The Labute approximate surface area is 171 Å². The van der Waals surface area contributed by atoms with E-state index in [1.807, 2.05) is 6.07 Å². The third-order valence-electron chi connectivity index (χ3n) is 4.90. The molecule has 146 valence electrons. The third kappa shape index (κ3) is 3.43. The summed E-state index contributed by atoms with van der Waals surface area (Å²) in [6.45, 7) is 1.87. The van der Waals surface area contributed by atoms with Crippen molar-refractivity contribution in [1.82, 2.24) is 9.78 Å². The van der Waals surface area contributed by atoms with Crippen molar-refractivity contribution in [2.24, 2.45) is 5.16 Å². The second-order valence-corrected chi connectivity index (χ2v) is 7.99. The van der Waals surface area contributed by atoms with Gasteiger partial charge in [0.1, 0.15) is 29.3 Å². The summed E-state index contributed by atoms with van der Waals surface area (Å²) in [7, 11) is 0. The molecular weight excluding hydrogens is 406 g/mol. The van der Waals surface area contributed by atoms with E-state index in [4.69, 9.17) is 38.0 Å². The zero-order valence-corrected chi connectivity index (χ0v) is 16.6. The zero-order valence-electron chi connectivity index (χ0n) is 15.1. The van der Waals surface area contributed by atoms with Gasteiger partial charge in [-0.3, -0.25) is 0 Å². The molecule has 1 aliphatic carbocycles. The largest absolute Gasteiger partial charge is 0.488 e. The minimum Gasteiger partial charge on any atom is -0.488 e. The predicted molar refractivity (Wildman–Crippen MR) is 103 cm³/mol. The van der Waals surface area contributed by atoms with Gasteiger partial charge in [-0.1, -0.05) is 28.4 Å². The van der Waals surface area contributed by atoms with Crippen LogP contribution >= 0.6 is 23.2 Å². The van der Waals surface area contributed by atoms with E-state index in [1.54, 1.807) is 6.92 Å². The van der Waals surface area contributed by atoms with E-state index in [0.717, 1.165) is 36.9 Å². The second-order valence-electron chi connectivity index (χ2n) is 7.23. The average molecular weight is 423 g/mol. The van der Waals surface area contributed by atoms with Gasteiger partial charge in [-0.2, -0.15) is 10.4 Å². The normalized spacial score (nSPS) is 20.9. The monoisotopic (exact) mass is 422 g/mol. The summed E-state index contributed by atoms with van der Waals surface area (Å²) in [5.41, 5.74) is 1.56. The number of rotatable bonds is 4. The summed E-state index contributed by atoms with van der Waals surface area (Å²) in [5, 5.41) is 17.7. The zero-order chi connectivity index (χ0) is 19.9. The van der Waals surface area contributed by atoms with Crippen molar-refractivity contribution in [3.63, 3.8) is 0 Å². The Hall–Kier alpha value is -2.30. The van der Waals surface area contributed by atoms with Crippen LogP contribution in [0, 0.1) is 17.1 Å². The number of halogens is 3. The Morgan fingerprint density at radius 3 is 2.86 bits per heavy atom. The highest BCUT2D eigenvalue weighted by molar-refractivity contribution is 6.32. The Morgan fingerprint density at radius 2 is 2.14 bits per heavy atom. The van der Waals surface area contributed by atoms with Crippen LogP contribution in [0.5, 0.6) is 5.75 Å². The molecular formula is C19H17Cl2FN4O2. The van der Waals surface area contributed by atoms with Gasteiger partial charge in [0.2, 0.25) is 0 Å². The highest BCUT2D eigenvalue weighted by Crippen LogP contribution is 2.35. The van der Waals surface area contributed by atoms with Gasteiger partial charge in [-0.25, -0.2) is 9.07 Å². The smallest absolute Gasteiger partial charge is 0.175 e. The molecule has 0 bridgehead atoms. The molecule has 0 N–H and O–H groups in total. The van der Waals surface area contributed by atoms with Gasteiger partial charge in [-0.15, -0.1) is 0 Å². The molecule has 28 heavy (non-hydrogen) atoms. The fourth-order valence-corrected chi connectivity index (χ4v) is 3.95. The van der Waals surface area contributed by atoms with Crippen LogP contribution in [0.15, 0.2) is 17.3 Å². The number of oxime groups is 1. The molecule has 0 saturated carbocycles. The SMILES string of the molecule is CC1(COc2cc(-n3nc4c(c3Cl)CCCC4)c(F)cc2Cl)CC(C#N)=NO1. The maximum absolute atomic E-state index is 14.6. The first-order valence-electron chi connectivity index (χ1n) is 8.94. The highest BCUT2D eigenvalue weighted by atomic mass is 35.5. The van der Waals surface area contributed by atoms with E-state index in [2.05, 4.69) is 10.3 Å².